The van der Waals surface area contributed by atoms with Gasteiger partial charge in [-0.05, 0) is 0 Å². The van der Waals surface area contributed by atoms with Crippen LogP contribution < -0.4 is 15.8 Å². The van der Waals surface area contributed by atoms with Crippen LogP contribution in [-0.4, -0.2) is 17.4 Å². The molecule has 1 aromatic carbocycles. The number of hydrogen-bond acceptors (Lipinski definition) is 3. The lowest BCUT2D eigenvalue weighted by molar-refractivity contribution is -0.130. The summed E-state index contributed by atoms with van der Waals surface area (Å²) in [6.45, 7) is 0. The number of benzene rings is 1. The first-order valence-electron chi connectivity index (χ1n) is 4.10. The normalized spacial score (nSPS) is 13.6. The summed E-state index contributed by atoms with van der Waals surface area (Å²) in [6, 6.07) is 7.21. The molecule has 1 heterocycles. The minimum Gasteiger partial charge on any atom is -0.477 e. The smallest absolute Gasteiger partial charge is 0.352 e. The number of fused-ring (bicyclic) bond motifs is 1. The monoisotopic (exact) mass is 188 g/mol. The van der Waals surface area contributed by atoms with Gasteiger partial charge < -0.3 is 10.4 Å². The van der Waals surface area contributed by atoms with Crippen molar-refractivity contribution in [3.8, 4) is 0 Å². The maximum atomic E-state index is 10.9. The molecule has 1 aromatic rings. The van der Waals surface area contributed by atoms with Gasteiger partial charge >= 0.3 is 5.97 Å². The van der Waals surface area contributed by atoms with Crippen molar-refractivity contribution in [2.45, 2.75) is 0 Å². The maximum Gasteiger partial charge on any atom is 0.352 e. The van der Waals surface area contributed by atoms with Crippen LogP contribution in [0, 0.1) is 0 Å². The van der Waals surface area contributed by atoms with Gasteiger partial charge in [-0.2, -0.15) is 0 Å². The van der Waals surface area contributed by atoms with E-state index in [4.69, 9.17) is 5.11 Å². The zero-order valence-electron chi connectivity index (χ0n) is 7.27. The molecule has 0 saturated carbocycles. The highest BCUT2D eigenvalue weighted by Crippen LogP contribution is 1.87. The van der Waals surface area contributed by atoms with Gasteiger partial charge in [-0.25, -0.2) is 9.79 Å². The van der Waals surface area contributed by atoms with Crippen molar-refractivity contribution in [3.63, 3.8) is 0 Å². The third-order valence-corrected chi connectivity index (χ3v) is 1.94. The average Bonchev–Trinajstić information content (AvgIpc) is 2.39. The van der Waals surface area contributed by atoms with Gasteiger partial charge in [0.1, 0.15) is 5.70 Å². The predicted octanol–water partition coefficient (Wildman–Crippen LogP) is -0.751. The van der Waals surface area contributed by atoms with E-state index in [1.165, 1.54) is 6.34 Å². The molecule has 4 nitrogen and oxygen atoms in total. The zero-order valence-corrected chi connectivity index (χ0v) is 7.27. The number of carbonyl (C=O) groups is 1. The summed E-state index contributed by atoms with van der Waals surface area (Å²) in [5.41, 5.74) is 0.151. The number of carboxylic acids is 1. The third kappa shape index (κ3) is 1.37. The summed E-state index contributed by atoms with van der Waals surface area (Å²) >= 11 is 0. The Balaban J connectivity index is 2.86. The molecule has 14 heavy (non-hydrogen) atoms. The summed E-state index contributed by atoms with van der Waals surface area (Å²) in [6.07, 6.45) is 2.99. The van der Waals surface area contributed by atoms with Crippen LogP contribution in [0.5, 0.6) is 0 Å². The van der Waals surface area contributed by atoms with Crippen molar-refractivity contribution in [3.05, 3.63) is 34.7 Å². The van der Waals surface area contributed by atoms with Crippen molar-refractivity contribution in [2.75, 3.05) is 0 Å². The Morgan fingerprint density at radius 3 is 2.93 bits per heavy atom. The topological polar surface area (TPSA) is 61.7 Å². The highest BCUT2D eigenvalue weighted by molar-refractivity contribution is 6.10. The Labute approximate surface area is 79.9 Å². The third-order valence-electron chi connectivity index (χ3n) is 1.94. The second-order valence-corrected chi connectivity index (χ2v) is 2.82. The summed E-state index contributed by atoms with van der Waals surface area (Å²) < 4.78 is 0. The van der Waals surface area contributed by atoms with Gasteiger partial charge in [-0.15, -0.1) is 0 Å². The van der Waals surface area contributed by atoms with E-state index in [1.807, 2.05) is 12.1 Å². The van der Waals surface area contributed by atoms with E-state index in [0.29, 0.717) is 5.22 Å². The Hall–Kier alpha value is -2.10. The minimum absolute atomic E-state index is 0.151. The zero-order chi connectivity index (χ0) is 9.97. The number of nitrogens with one attached hydrogen (secondary N) is 1. The van der Waals surface area contributed by atoms with Crippen LogP contribution in [-0.2, 0) is 4.79 Å². The molecule has 2 rings (SSSR count). The van der Waals surface area contributed by atoms with Crippen molar-refractivity contribution in [1.29, 1.82) is 0 Å². The molecule has 1 aliphatic heterocycles. The van der Waals surface area contributed by atoms with Crippen molar-refractivity contribution in [1.82, 2.24) is 5.32 Å². The lowest BCUT2D eigenvalue weighted by Gasteiger charge is -1.98. The van der Waals surface area contributed by atoms with Gasteiger partial charge in [0.2, 0.25) is 0 Å². The lowest BCUT2D eigenvalue weighted by atomic mass is 10.2. The van der Waals surface area contributed by atoms with E-state index in [0.717, 1.165) is 5.22 Å². The Morgan fingerprint density at radius 1 is 1.36 bits per heavy atom. The quantitative estimate of drug-likeness (QED) is 0.609. The van der Waals surface area contributed by atoms with Crippen molar-refractivity contribution in [2.24, 2.45) is 4.99 Å². The van der Waals surface area contributed by atoms with Gasteiger partial charge in [-0.3, -0.25) is 0 Å². The number of aliphatic imine (C=N–C) groups is 1. The predicted molar refractivity (Wildman–Crippen MR) is 52.8 cm³/mol. The highest BCUT2D eigenvalue weighted by atomic mass is 16.4. The van der Waals surface area contributed by atoms with Gasteiger partial charge in [-0.1, -0.05) is 24.3 Å². The first-order chi connectivity index (χ1) is 6.79. The molecule has 0 aliphatic carbocycles. The molecule has 0 bridgehead atoms. The number of carboxylic acid groups (broad SMARTS) is 1. The van der Waals surface area contributed by atoms with Crippen LogP contribution in [0.2, 0.25) is 0 Å². The fourth-order valence-corrected chi connectivity index (χ4v) is 1.31. The van der Waals surface area contributed by atoms with E-state index < -0.39 is 5.97 Å². The SMILES string of the molecule is O=C(O)C1=c2ccccc2=CN=CN1. The van der Waals surface area contributed by atoms with E-state index in [9.17, 15) is 4.79 Å². The fraction of sp³-hybridized carbons (Fsp3) is 0. The largest absolute Gasteiger partial charge is 0.477 e. The summed E-state index contributed by atoms with van der Waals surface area (Å²) in [5, 5.41) is 13.0. The van der Waals surface area contributed by atoms with Crippen LogP contribution in [0.25, 0.3) is 11.9 Å². The maximum absolute atomic E-state index is 10.9. The van der Waals surface area contributed by atoms with E-state index in [-0.39, 0.29) is 5.70 Å². The average molecular weight is 188 g/mol. The van der Waals surface area contributed by atoms with Crippen LogP contribution >= 0.6 is 0 Å². The molecule has 0 fully saturated rings. The molecule has 70 valence electrons. The first-order valence-corrected chi connectivity index (χ1v) is 4.10. The summed E-state index contributed by atoms with van der Waals surface area (Å²) in [5.74, 6) is -0.987. The molecule has 0 saturated heterocycles. The molecule has 0 radical (unpaired) electrons. The Bertz CT molecular complexity index is 517. The van der Waals surface area contributed by atoms with Crippen molar-refractivity contribution < 1.29 is 9.90 Å². The van der Waals surface area contributed by atoms with E-state index in [2.05, 4.69) is 10.3 Å². The van der Waals surface area contributed by atoms with Crippen LogP contribution in [0.1, 0.15) is 0 Å². The van der Waals surface area contributed by atoms with Crippen LogP contribution in [0.4, 0.5) is 0 Å². The van der Waals surface area contributed by atoms with Gasteiger partial charge in [0.15, 0.2) is 0 Å². The fourth-order valence-electron chi connectivity index (χ4n) is 1.31. The number of rotatable bonds is 1. The second-order valence-electron chi connectivity index (χ2n) is 2.82. The molecule has 0 aromatic heterocycles. The van der Waals surface area contributed by atoms with E-state index in [1.54, 1.807) is 18.3 Å². The number of nitrogens with zero attached hydrogens (tertiary/aromatic N) is 1. The first kappa shape index (κ1) is 8.50. The lowest BCUT2D eigenvalue weighted by Crippen LogP contribution is -2.33. The van der Waals surface area contributed by atoms with Gasteiger partial charge in [0, 0.05) is 16.6 Å². The second kappa shape index (κ2) is 3.33. The van der Waals surface area contributed by atoms with E-state index >= 15 is 0 Å². The Kier molecular flexibility index (Phi) is 2.02. The minimum atomic E-state index is -0.987. The molecule has 0 spiro atoms. The molecule has 0 unspecified atom stereocenters. The molecular weight excluding hydrogens is 180 g/mol. The highest BCUT2D eigenvalue weighted by Gasteiger charge is 2.07. The Morgan fingerprint density at radius 2 is 2.14 bits per heavy atom. The number of aliphatic carboxylic acids is 1. The molecule has 1 aliphatic rings. The van der Waals surface area contributed by atoms with Crippen molar-refractivity contribution >= 4 is 24.2 Å². The molecule has 0 amide bonds. The summed E-state index contributed by atoms with van der Waals surface area (Å²) in [4.78, 5) is 14.8. The molecule has 0 atom stereocenters. The molecular formula is C10H8N2O2. The molecule has 4 heteroatoms. The van der Waals surface area contributed by atoms with Gasteiger partial charge in [0.05, 0.1) is 6.34 Å². The summed E-state index contributed by atoms with van der Waals surface area (Å²) in [7, 11) is 0. The number of hydrogen-bond donors (Lipinski definition) is 2. The van der Waals surface area contributed by atoms with Crippen LogP contribution in [0.15, 0.2) is 29.3 Å². The van der Waals surface area contributed by atoms with Gasteiger partial charge in [0.25, 0.3) is 0 Å². The standard InChI is InChI=1S/C10H8N2O2/c13-10(14)9-8-4-2-1-3-7(8)5-11-6-12-9/h1-6H,(H,11,12)(H,13,14). The van der Waals surface area contributed by atoms with Crippen LogP contribution in [0.3, 0.4) is 0 Å². The molecule has 2 N–H and O–H groups in total.